The molecule has 0 radical (unpaired) electrons. The molecule has 1 heterocycles. The van der Waals surface area contributed by atoms with E-state index in [1.54, 1.807) is 48.5 Å². The first-order valence-corrected chi connectivity index (χ1v) is 13.6. The third-order valence-corrected chi connectivity index (χ3v) is 6.93. The normalized spacial score (nSPS) is 13.5. The smallest absolute Gasteiger partial charge is 0.251 e. The van der Waals surface area contributed by atoms with Crippen molar-refractivity contribution in [3.8, 4) is 17.2 Å². The summed E-state index contributed by atoms with van der Waals surface area (Å²) in [4.78, 5) is 12.8. The van der Waals surface area contributed by atoms with Crippen molar-refractivity contribution in [2.24, 2.45) is 0 Å². The van der Waals surface area contributed by atoms with Gasteiger partial charge in [-0.2, -0.15) is 0 Å². The minimum absolute atomic E-state index is 0.141. The zero-order chi connectivity index (χ0) is 25.7. The van der Waals surface area contributed by atoms with Crippen LogP contribution in [0.15, 0.2) is 66.7 Å². The van der Waals surface area contributed by atoms with E-state index in [0.29, 0.717) is 48.3 Å². The molecule has 1 aliphatic heterocycles. The van der Waals surface area contributed by atoms with Gasteiger partial charge in [0.05, 0.1) is 31.1 Å². The van der Waals surface area contributed by atoms with E-state index in [0.717, 1.165) is 11.1 Å². The summed E-state index contributed by atoms with van der Waals surface area (Å²) in [6.45, 7) is 5.49. The second kappa shape index (κ2) is 10.9. The van der Waals surface area contributed by atoms with E-state index in [1.807, 2.05) is 32.0 Å². The standard InChI is InChI=1S/C27H30N2O6S/c1-4-33-24-12-10-23(11-13-24)29(36(3,31)32)18-20-5-7-21(8-6-20)27(30)28-19(2)22-9-14-25-26(17-22)35-16-15-34-25/h5-14,17,19H,4,15-16,18H2,1-3H3,(H,28,30). The Bertz CT molecular complexity index is 1310. The van der Waals surface area contributed by atoms with Crippen LogP contribution in [0, 0.1) is 0 Å². The van der Waals surface area contributed by atoms with Crippen LogP contribution in [0.2, 0.25) is 0 Å². The number of nitrogens with zero attached hydrogens (tertiary/aromatic N) is 1. The quantitative estimate of drug-likeness (QED) is 0.461. The first-order valence-electron chi connectivity index (χ1n) is 11.7. The summed E-state index contributed by atoms with van der Waals surface area (Å²) in [6.07, 6.45) is 1.17. The lowest BCUT2D eigenvalue weighted by Crippen LogP contribution is -2.29. The fraction of sp³-hybridized carbons (Fsp3) is 0.296. The zero-order valence-corrected chi connectivity index (χ0v) is 21.4. The van der Waals surface area contributed by atoms with Crippen LogP contribution < -0.4 is 23.8 Å². The fourth-order valence-electron chi connectivity index (χ4n) is 3.90. The molecular formula is C27H30N2O6S. The van der Waals surface area contributed by atoms with Gasteiger partial charge in [-0.1, -0.05) is 18.2 Å². The summed E-state index contributed by atoms with van der Waals surface area (Å²) in [5.74, 6) is 1.82. The van der Waals surface area contributed by atoms with Crippen LogP contribution in [0.5, 0.6) is 17.2 Å². The van der Waals surface area contributed by atoms with Crippen LogP contribution in [-0.2, 0) is 16.6 Å². The molecule has 4 rings (SSSR count). The molecule has 1 atom stereocenters. The van der Waals surface area contributed by atoms with E-state index in [9.17, 15) is 13.2 Å². The van der Waals surface area contributed by atoms with Crippen molar-refractivity contribution in [1.82, 2.24) is 5.32 Å². The van der Waals surface area contributed by atoms with Gasteiger partial charge in [0.25, 0.3) is 5.91 Å². The van der Waals surface area contributed by atoms with E-state index < -0.39 is 10.0 Å². The molecule has 0 aliphatic carbocycles. The van der Waals surface area contributed by atoms with Crippen molar-refractivity contribution in [2.75, 3.05) is 30.4 Å². The fourth-order valence-corrected chi connectivity index (χ4v) is 4.78. The zero-order valence-electron chi connectivity index (χ0n) is 20.6. The van der Waals surface area contributed by atoms with Crippen molar-refractivity contribution in [3.63, 3.8) is 0 Å². The average Bonchev–Trinajstić information content (AvgIpc) is 2.87. The minimum Gasteiger partial charge on any atom is -0.494 e. The highest BCUT2D eigenvalue weighted by Gasteiger charge is 2.19. The molecule has 1 aliphatic rings. The van der Waals surface area contributed by atoms with Crippen LogP contribution in [0.3, 0.4) is 0 Å². The molecule has 1 amide bonds. The van der Waals surface area contributed by atoms with Crippen LogP contribution in [0.25, 0.3) is 0 Å². The number of carbonyl (C=O) groups is 1. The number of nitrogens with one attached hydrogen (secondary N) is 1. The first kappa shape index (κ1) is 25.4. The summed E-state index contributed by atoms with van der Waals surface area (Å²) in [6, 6.07) is 19.2. The van der Waals surface area contributed by atoms with Crippen LogP contribution in [0.1, 0.15) is 41.4 Å². The summed E-state index contributed by atoms with van der Waals surface area (Å²) >= 11 is 0. The molecule has 8 nitrogen and oxygen atoms in total. The molecule has 3 aromatic carbocycles. The monoisotopic (exact) mass is 510 g/mol. The Kier molecular flexibility index (Phi) is 7.69. The number of anilines is 1. The van der Waals surface area contributed by atoms with Gasteiger partial charge >= 0.3 is 0 Å². The summed E-state index contributed by atoms with van der Waals surface area (Å²) < 4.78 is 42.9. The Morgan fingerprint density at radius 2 is 1.67 bits per heavy atom. The molecule has 190 valence electrons. The third kappa shape index (κ3) is 6.09. The Labute approximate surface area is 211 Å². The second-order valence-corrected chi connectivity index (χ2v) is 10.4. The summed E-state index contributed by atoms with van der Waals surface area (Å²) in [7, 11) is -3.53. The predicted molar refractivity (Wildman–Crippen MR) is 138 cm³/mol. The van der Waals surface area contributed by atoms with Gasteiger partial charge in [-0.05, 0) is 73.5 Å². The molecule has 1 N–H and O–H groups in total. The van der Waals surface area contributed by atoms with Gasteiger partial charge < -0.3 is 19.5 Å². The van der Waals surface area contributed by atoms with E-state index in [2.05, 4.69) is 5.32 Å². The van der Waals surface area contributed by atoms with E-state index in [1.165, 1.54) is 10.6 Å². The lowest BCUT2D eigenvalue weighted by Gasteiger charge is -2.23. The summed E-state index contributed by atoms with van der Waals surface area (Å²) in [5, 5.41) is 2.99. The van der Waals surface area contributed by atoms with Gasteiger partial charge in [0, 0.05) is 5.56 Å². The Morgan fingerprint density at radius 3 is 2.31 bits per heavy atom. The molecule has 0 saturated heterocycles. The molecule has 3 aromatic rings. The Morgan fingerprint density at radius 1 is 1.00 bits per heavy atom. The van der Waals surface area contributed by atoms with Crippen molar-refractivity contribution >= 4 is 21.6 Å². The Balaban J connectivity index is 1.43. The van der Waals surface area contributed by atoms with Gasteiger partial charge in [0.15, 0.2) is 11.5 Å². The van der Waals surface area contributed by atoms with Gasteiger partial charge in [0.1, 0.15) is 19.0 Å². The molecule has 0 bridgehead atoms. The third-order valence-electron chi connectivity index (χ3n) is 5.79. The van der Waals surface area contributed by atoms with Crippen molar-refractivity contribution in [1.29, 1.82) is 0 Å². The molecule has 0 fully saturated rings. The summed E-state index contributed by atoms with van der Waals surface area (Å²) in [5.41, 5.74) is 2.68. The molecule has 0 aromatic heterocycles. The maximum absolute atomic E-state index is 12.8. The first-order chi connectivity index (χ1) is 17.2. The van der Waals surface area contributed by atoms with Gasteiger partial charge in [-0.25, -0.2) is 8.42 Å². The lowest BCUT2D eigenvalue weighted by atomic mass is 10.1. The molecule has 0 spiro atoms. The van der Waals surface area contributed by atoms with E-state index >= 15 is 0 Å². The SMILES string of the molecule is CCOc1ccc(N(Cc2ccc(C(=O)NC(C)c3ccc4c(c3)OCCO4)cc2)S(C)(=O)=O)cc1. The number of fused-ring (bicyclic) bond motifs is 1. The molecule has 1 unspecified atom stereocenters. The van der Waals surface area contributed by atoms with Crippen molar-refractivity contribution < 1.29 is 27.4 Å². The molecule has 9 heteroatoms. The number of amides is 1. The number of ether oxygens (including phenoxy) is 3. The largest absolute Gasteiger partial charge is 0.494 e. The topological polar surface area (TPSA) is 94.2 Å². The number of rotatable bonds is 9. The van der Waals surface area contributed by atoms with E-state index in [-0.39, 0.29) is 18.5 Å². The molecule has 0 saturated carbocycles. The van der Waals surface area contributed by atoms with Crippen molar-refractivity contribution in [3.05, 3.63) is 83.4 Å². The average molecular weight is 511 g/mol. The highest BCUT2D eigenvalue weighted by Crippen LogP contribution is 2.32. The van der Waals surface area contributed by atoms with Crippen LogP contribution >= 0.6 is 0 Å². The minimum atomic E-state index is -3.53. The maximum atomic E-state index is 12.8. The van der Waals surface area contributed by atoms with Gasteiger partial charge in [-0.3, -0.25) is 9.10 Å². The molecule has 36 heavy (non-hydrogen) atoms. The highest BCUT2D eigenvalue weighted by molar-refractivity contribution is 7.92. The van der Waals surface area contributed by atoms with Crippen LogP contribution in [0.4, 0.5) is 5.69 Å². The Hall–Kier alpha value is -3.72. The predicted octanol–water partition coefficient (Wildman–Crippen LogP) is 4.31. The highest BCUT2D eigenvalue weighted by atomic mass is 32.2. The number of carbonyl (C=O) groups excluding carboxylic acids is 1. The molecular weight excluding hydrogens is 480 g/mol. The van der Waals surface area contributed by atoms with Crippen molar-refractivity contribution in [2.45, 2.75) is 26.4 Å². The number of hydrogen-bond donors (Lipinski definition) is 1. The van der Waals surface area contributed by atoms with Gasteiger partial charge in [-0.15, -0.1) is 0 Å². The number of sulfonamides is 1. The second-order valence-electron chi connectivity index (χ2n) is 8.49. The van der Waals surface area contributed by atoms with Crippen LogP contribution in [-0.4, -0.2) is 40.4 Å². The van der Waals surface area contributed by atoms with Gasteiger partial charge in [0.2, 0.25) is 10.0 Å². The van der Waals surface area contributed by atoms with E-state index in [4.69, 9.17) is 14.2 Å². The number of benzene rings is 3. The lowest BCUT2D eigenvalue weighted by molar-refractivity contribution is 0.0939. The maximum Gasteiger partial charge on any atom is 0.251 e. The number of hydrogen-bond acceptors (Lipinski definition) is 6.